The molecule has 0 aliphatic heterocycles. The lowest BCUT2D eigenvalue weighted by Gasteiger charge is -1.97. The van der Waals surface area contributed by atoms with Gasteiger partial charge in [0, 0.05) is 12.4 Å². The van der Waals surface area contributed by atoms with Gasteiger partial charge in [-0.2, -0.15) is 20.4 Å². The number of benzene rings is 1. The Balaban J connectivity index is 1.67. The summed E-state index contributed by atoms with van der Waals surface area (Å²) in [4.78, 5) is 8.50. The van der Waals surface area contributed by atoms with Crippen LogP contribution >= 0.6 is 0 Å². The van der Waals surface area contributed by atoms with Crippen molar-refractivity contribution in [2.24, 2.45) is 20.4 Å². The quantitative estimate of drug-likeness (QED) is 0.484. The monoisotopic (exact) mass is 368 g/mol. The average Bonchev–Trinajstić information content (AvgIpc) is 2.75. The molecule has 0 fully saturated rings. The normalized spacial score (nSPS) is 12.8. The molecule has 2 heterocycles. The SMILES string of the molecule is C/C(=N\N=C\c1cccc(/C=N/N=C(\C)c2ccccn2)c1)c1ccccn1. The topological polar surface area (TPSA) is 75.2 Å². The highest BCUT2D eigenvalue weighted by Crippen LogP contribution is 2.03. The van der Waals surface area contributed by atoms with Crippen LogP contribution in [0.3, 0.4) is 0 Å². The number of nitrogens with zero attached hydrogens (tertiary/aromatic N) is 6. The number of pyridine rings is 2. The van der Waals surface area contributed by atoms with Crippen LogP contribution in [0.15, 0.2) is 93.5 Å². The van der Waals surface area contributed by atoms with Crippen LogP contribution in [0.5, 0.6) is 0 Å². The van der Waals surface area contributed by atoms with Crippen LogP contribution in [0.4, 0.5) is 0 Å². The Labute approximate surface area is 164 Å². The van der Waals surface area contributed by atoms with Gasteiger partial charge in [-0.3, -0.25) is 9.97 Å². The van der Waals surface area contributed by atoms with Crippen LogP contribution in [-0.4, -0.2) is 33.8 Å². The second-order valence-corrected chi connectivity index (χ2v) is 5.96. The predicted molar refractivity (Wildman–Crippen MR) is 115 cm³/mol. The Morgan fingerprint density at radius 1 is 0.679 bits per heavy atom. The third-order valence-electron chi connectivity index (χ3n) is 3.81. The molecule has 0 aliphatic rings. The van der Waals surface area contributed by atoms with Gasteiger partial charge in [-0.05, 0) is 55.3 Å². The summed E-state index contributed by atoms with van der Waals surface area (Å²) >= 11 is 0. The van der Waals surface area contributed by atoms with Gasteiger partial charge in [-0.1, -0.05) is 30.3 Å². The van der Waals surface area contributed by atoms with E-state index in [0.29, 0.717) is 0 Å². The van der Waals surface area contributed by atoms with Crippen LogP contribution in [0, 0.1) is 0 Å². The molecule has 28 heavy (non-hydrogen) atoms. The molecule has 0 saturated heterocycles. The van der Waals surface area contributed by atoms with Gasteiger partial charge in [0.25, 0.3) is 0 Å². The number of hydrogen-bond donors (Lipinski definition) is 0. The van der Waals surface area contributed by atoms with Crippen LogP contribution < -0.4 is 0 Å². The molecule has 138 valence electrons. The Hall–Kier alpha value is -3.80. The van der Waals surface area contributed by atoms with Gasteiger partial charge in [0.1, 0.15) is 0 Å². The van der Waals surface area contributed by atoms with E-state index in [1.165, 1.54) is 0 Å². The van der Waals surface area contributed by atoms with Gasteiger partial charge in [0.15, 0.2) is 0 Å². The number of aromatic nitrogens is 2. The van der Waals surface area contributed by atoms with Crippen LogP contribution in [0.1, 0.15) is 36.4 Å². The summed E-state index contributed by atoms with van der Waals surface area (Å²) in [6.07, 6.45) is 6.87. The van der Waals surface area contributed by atoms with Crippen LogP contribution in [0.25, 0.3) is 0 Å². The zero-order chi connectivity index (χ0) is 19.6. The Kier molecular flexibility index (Phi) is 6.62. The first-order valence-corrected chi connectivity index (χ1v) is 8.80. The summed E-state index contributed by atoms with van der Waals surface area (Å²) < 4.78 is 0. The van der Waals surface area contributed by atoms with Gasteiger partial charge in [0.2, 0.25) is 0 Å². The molecule has 0 spiro atoms. The van der Waals surface area contributed by atoms with Gasteiger partial charge in [-0.15, -0.1) is 0 Å². The van der Waals surface area contributed by atoms with Crippen LogP contribution in [0.2, 0.25) is 0 Å². The molecular weight excluding hydrogens is 348 g/mol. The van der Waals surface area contributed by atoms with E-state index in [1.807, 2.05) is 74.5 Å². The Morgan fingerprint density at radius 2 is 1.18 bits per heavy atom. The van der Waals surface area contributed by atoms with Crippen molar-refractivity contribution >= 4 is 23.9 Å². The minimum atomic E-state index is 0.758. The number of rotatable bonds is 6. The van der Waals surface area contributed by atoms with Crippen molar-refractivity contribution in [3.05, 3.63) is 95.6 Å². The first-order chi connectivity index (χ1) is 13.7. The summed E-state index contributed by atoms with van der Waals surface area (Å²) in [6, 6.07) is 19.2. The summed E-state index contributed by atoms with van der Waals surface area (Å²) in [5.41, 5.74) is 4.98. The van der Waals surface area contributed by atoms with Gasteiger partial charge in [-0.25, -0.2) is 0 Å². The third-order valence-corrected chi connectivity index (χ3v) is 3.81. The molecule has 0 saturated carbocycles. The van der Waals surface area contributed by atoms with Crippen molar-refractivity contribution in [1.29, 1.82) is 0 Å². The lowest BCUT2D eigenvalue weighted by atomic mass is 10.1. The fourth-order valence-corrected chi connectivity index (χ4v) is 2.34. The Morgan fingerprint density at radius 3 is 1.61 bits per heavy atom. The third kappa shape index (κ3) is 5.60. The minimum absolute atomic E-state index is 0.758. The highest BCUT2D eigenvalue weighted by atomic mass is 15.2. The van der Waals surface area contributed by atoms with E-state index < -0.39 is 0 Å². The summed E-state index contributed by atoms with van der Waals surface area (Å²) in [5.74, 6) is 0. The van der Waals surface area contributed by atoms with E-state index in [1.54, 1.807) is 24.8 Å². The summed E-state index contributed by atoms with van der Waals surface area (Å²) in [6.45, 7) is 3.76. The van der Waals surface area contributed by atoms with Crippen molar-refractivity contribution in [1.82, 2.24) is 9.97 Å². The first-order valence-electron chi connectivity index (χ1n) is 8.80. The molecule has 1 aromatic carbocycles. The highest BCUT2D eigenvalue weighted by Gasteiger charge is 1.97. The van der Waals surface area contributed by atoms with E-state index in [0.717, 1.165) is 33.9 Å². The average molecular weight is 368 g/mol. The standard InChI is InChI=1S/C22H20N6/c1-17(21-10-3-5-12-23-21)27-25-15-19-8-7-9-20(14-19)16-26-28-18(2)22-11-4-6-13-24-22/h3-16H,1-2H3/b25-15+,26-16+,27-17+,28-18+. The molecule has 0 atom stereocenters. The molecule has 3 rings (SSSR count). The lowest BCUT2D eigenvalue weighted by Crippen LogP contribution is -1.96. The molecule has 2 aromatic heterocycles. The largest absolute Gasteiger partial charge is 0.255 e. The van der Waals surface area contributed by atoms with Crippen molar-refractivity contribution in [2.45, 2.75) is 13.8 Å². The Bertz CT molecular complexity index is 940. The van der Waals surface area contributed by atoms with E-state index >= 15 is 0 Å². The molecule has 3 aromatic rings. The molecule has 0 aliphatic carbocycles. The highest BCUT2D eigenvalue weighted by molar-refractivity contribution is 5.98. The van der Waals surface area contributed by atoms with E-state index in [2.05, 4.69) is 30.4 Å². The van der Waals surface area contributed by atoms with Crippen LogP contribution in [-0.2, 0) is 0 Å². The molecular formula is C22H20N6. The molecule has 0 amide bonds. The second kappa shape index (κ2) is 9.78. The van der Waals surface area contributed by atoms with Crippen molar-refractivity contribution in [3.63, 3.8) is 0 Å². The summed E-state index contributed by atoms with van der Waals surface area (Å²) in [7, 11) is 0. The van der Waals surface area contributed by atoms with E-state index in [4.69, 9.17) is 0 Å². The van der Waals surface area contributed by atoms with Gasteiger partial charge < -0.3 is 0 Å². The number of hydrogen-bond acceptors (Lipinski definition) is 6. The first kappa shape index (κ1) is 19.0. The van der Waals surface area contributed by atoms with Gasteiger partial charge >= 0.3 is 0 Å². The smallest absolute Gasteiger partial charge is 0.0860 e. The molecule has 0 bridgehead atoms. The molecule has 6 nitrogen and oxygen atoms in total. The molecule has 0 N–H and O–H groups in total. The van der Waals surface area contributed by atoms with Crippen molar-refractivity contribution in [2.75, 3.05) is 0 Å². The minimum Gasteiger partial charge on any atom is -0.255 e. The lowest BCUT2D eigenvalue weighted by molar-refractivity contribution is 1.20. The zero-order valence-corrected chi connectivity index (χ0v) is 15.8. The maximum absolute atomic E-state index is 4.25. The fourth-order valence-electron chi connectivity index (χ4n) is 2.34. The van der Waals surface area contributed by atoms with Crippen molar-refractivity contribution in [3.8, 4) is 0 Å². The molecule has 0 unspecified atom stereocenters. The van der Waals surface area contributed by atoms with E-state index in [9.17, 15) is 0 Å². The molecule has 6 heteroatoms. The van der Waals surface area contributed by atoms with Crippen molar-refractivity contribution < 1.29 is 0 Å². The maximum atomic E-state index is 4.25. The zero-order valence-electron chi connectivity index (χ0n) is 15.8. The molecule has 0 radical (unpaired) electrons. The predicted octanol–water partition coefficient (Wildman–Crippen LogP) is 4.16. The van der Waals surface area contributed by atoms with Gasteiger partial charge in [0.05, 0.1) is 35.2 Å². The second-order valence-electron chi connectivity index (χ2n) is 5.96. The fraction of sp³-hybridized carbons (Fsp3) is 0.0909. The maximum Gasteiger partial charge on any atom is 0.0860 e. The van der Waals surface area contributed by atoms with E-state index in [-0.39, 0.29) is 0 Å². The summed E-state index contributed by atoms with van der Waals surface area (Å²) in [5, 5.41) is 16.7.